The van der Waals surface area contributed by atoms with Gasteiger partial charge in [0.25, 0.3) is 0 Å². The Hall–Kier alpha value is -0.940. The molecule has 1 aromatic heterocycles. The largest absolute Gasteiger partial charge is 0.313 e. The zero-order valence-corrected chi connectivity index (χ0v) is 10.6. The van der Waals surface area contributed by atoms with Crippen LogP contribution in [0.4, 0.5) is 0 Å². The van der Waals surface area contributed by atoms with E-state index in [9.17, 15) is 8.42 Å². The quantitative estimate of drug-likeness (QED) is 0.875. The van der Waals surface area contributed by atoms with E-state index in [1.807, 2.05) is 0 Å². The van der Waals surface area contributed by atoms with Crippen LogP contribution < -0.4 is 5.32 Å². The fourth-order valence-electron chi connectivity index (χ4n) is 2.16. The van der Waals surface area contributed by atoms with Crippen molar-refractivity contribution in [2.75, 3.05) is 12.3 Å². The molecule has 0 radical (unpaired) electrons. The zero-order valence-electron chi connectivity index (χ0n) is 9.80. The summed E-state index contributed by atoms with van der Waals surface area (Å²) in [6.07, 6.45) is 6.51. The molecule has 0 amide bonds. The number of nitrogens with one attached hydrogen (secondary N) is 1. The van der Waals surface area contributed by atoms with E-state index < -0.39 is 9.84 Å². The molecular formula is C12H18N2O2S. The molecule has 0 spiro atoms. The maximum absolute atomic E-state index is 12.0. The summed E-state index contributed by atoms with van der Waals surface area (Å²) in [6.45, 7) is 0.940. The molecule has 4 nitrogen and oxygen atoms in total. The van der Waals surface area contributed by atoms with Gasteiger partial charge in [-0.25, -0.2) is 8.42 Å². The lowest BCUT2D eigenvalue weighted by Crippen LogP contribution is -2.39. The van der Waals surface area contributed by atoms with Crippen LogP contribution in [-0.2, 0) is 15.6 Å². The number of hydrogen-bond acceptors (Lipinski definition) is 4. The zero-order chi connectivity index (χ0) is 12.1. The van der Waals surface area contributed by atoms with E-state index in [1.54, 1.807) is 24.5 Å². The standard InChI is InChI=1S/C12H18N2O2S/c15-17(16,9-11-4-7-13-8-5-11)10-12-3-1-2-6-14-12/h4-5,7-8,12,14H,1-3,6,9-10H2/t12-/m1/s1. The SMILES string of the molecule is O=S(=O)(Cc1ccncc1)C[C@H]1CCCCN1. The molecule has 2 rings (SSSR count). The van der Waals surface area contributed by atoms with Gasteiger partial charge in [0.1, 0.15) is 0 Å². The van der Waals surface area contributed by atoms with Crippen molar-refractivity contribution in [3.05, 3.63) is 30.1 Å². The molecular weight excluding hydrogens is 236 g/mol. The van der Waals surface area contributed by atoms with Gasteiger partial charge >= 0.3 is 0 Å². The van der Waals surface area contributed by atoms with Crippen LogP contribution in [0.15, 0.2) is 24.5 Å². The number of nitrogens with zero attached hydrogens (tertiary/aromatic N) is 1. The smallest absolute Gasteiger partial charge is 0.155 e. The fourth-order valence-corrected chi connectivity index (χ4v) is 3.88. The molecule has 1 aliphatic rings. The van der Waals surface area contributed by atoms with Gasteiger partial charge in [-0.15, -0.1) is 0 Å². The molecule has 94 valence electrons. The molecule has 5 heteroatoms. The van der Waals surface area contributed by atoms with Gasteiger partial charge < -0.3 is 5.32 Å². The normalized spacial score (nSPS) is 21.3. The third kappa shape index (κ3) is 4.09. The highest BCUT2D eigenvalue weighted by molar-refractivity contribution is 7.90. The van der Waals surface area contributed by atoms with E-state index >= 15 is 0 Å². The Bertz CT molecular complexity index is 439. The minimum atomic E-state index is -3.02. The number of hydrogen-bond donors (Lipinski definition) is 1. The van der Waals surface area contributed by atoms with Crippen LogP contribution in [0.5, 0.6) is 0 Å². The summed E-state index contributed by atoms with van der Waals surface area (Å²) in [5.74, 6) is 0.364. The summed E-state index contributed by atoms with van der Waals surface area (Å²) >= 11 is 0. The Kier molecular flexibility index (Phi) is 4.12. The van der Waals surface area contributed by atoms with Crippen LogP contribution >= 0.6 is 0 Å². The second-order valence-electron chi connectivity index (χ2n) is 4.56. The van der Waals surface area contributed by atoms with Crippen LogP contribution in [0.1, 0.15) is 24.8 Å². The predicted molar refractivity (Wildman–Crippen MR) is 67.4 cm³/mol. The van der Waals surface area contributed by atoms with Crippen molar-refractivity contribution in [3.8, 4) is 0 Å². The minimum absolute atomic E-state index is 0.119. The maximum atomic E-state index is 12.0. The van der Waals surface area contributed by atoms with E-state index in [0.717, 1.165) is 31.4 Å². The summed E-state index contributed by atoms with van der Waals surface area (Å²) < 4.78 is 24.0. The van der Waals surface area contributed by atoms with E-state index in [-0.39, 0.29) is 17.5 Å². The first-order valence-corrected chi connectivity index (χ1v) is 7.80. The molecule has 2 heterocycles. The summed E-state index contributed by atoms with van der Waals surface area (Å²) in [6, 6.07) is 3.65. The molecule has 0 saturated carbocycles. The number of pyridine rings is 1. The topological polar surface area (TPSA) is 59.1 Å². The number of aromatic nitrogens is 1. The van der Waals surface area contributed by atoms with Gasteiger partial charge in [0.2, 0.25) is 0 Å². The van der Waals surface area contributed by atoms with Crippen LogP contribution in [0, 0.1) is 0 Å². The lowest BCUT2D eigenvalue weighted by atomic mass is 10.1. The van der Waals surface area contributed by atoms with Gasteiger partial charge in [0.05, 0.1) is 11.5 Å². The molecule has 0 aliphatic carbocycles. The highest BCUT2D eigenvalue weighted by Gasteiger charge is 2.21. The fraction of sp³-hybridized carbons (Fsp3) is 0.583. The number of rotatable bonds is 4. The Morgan fingerprint density at radius 1 is 1.29 bits per heavy atom. The van der Waals surface area contributed by atoms with Gasteiger partial charge in [-0.3, -0.25) is 4.98 Å². The van der Waals surface area contributed by atoms with E-state index in [4.69, 9.17) is 0 Å². The monoisotopic (exact) mass is 254 g/mol. The van der Waals surface area contributed by atoms with Crippen molar-refractivity contribution < 1.29 is 8.42 Å². The van der Waals surface area contributed by atoms with Gasteiger partial charge in [-0.1, -0.05) is 6.42 Å². The Morgan fingerprint density at radius 2 is 2.06 bits per heavy atom. The van der Waals surface area contributed by atoms with Crippen LogP contribution in [0.3, 0.4) is 0 Å². The van der Waals surface area contributed by atoms with Crippen LogP contribution in [0.25, 0.3) is 0 Å². The third-order valence-electron chi connectivity index (χ3n) is 3.00. The molecule has 1 atom stereocenters. The molecule has 1 aliphatic heterocycles. The lowest BCUT2D eigenvalue weighted by molar-refractivity contribution is 0.423. The van der Waals surface area contributed by atoms with E-state index in [1.165, 1.54) is 0 Å². The summed E-state index contributed by atoms with van der Waals surface area (Å²) in [5.41, 5.74) is 0.816. The van der Waals surface area contributed by atoms with Crippen molar-refractivity contribution in [3.63, 3.8) is 0 Å². The first kappa shape index (κ1) is 12.5. The Labute approximate surface area is 102 Å². The lowest BCUT2D eigenvalue weighted by Gasteiger charge is -2.23. The van der Waals surface area contributed by atoms with Crippen LogP contribution in [0.2, 0.25) is 0 Å². The molecule has 1 fully saturated rings. The van der Waals surface area contributed by atoms with E-state index in [0.29, 0.717) is 0 Å². The average molecular weight is 254 g/mol. The average Bonchev–Trinajstić information content (AvgIpc) is 2.30. The molecule has 1 aromatic rings. The van der Waals surface area contributed by atoms with Crippen molar-refractivity contribution in [2.24, 2.45) is 0 Å². The summed E-state index contributed by atoms with van der Waals surface area (Å²) in [5, 5.41) is 3.27. The molecule has 0 bridgehead atoms. The van der Waals surface area contributed by atoms with Gasteiger partial charge in [0, 0.05) is 18.4 Å². The molecule has 0 unspecified atom stereocenters. The van der Waals surface area contributed by atoms with Crippen LogP contribution in [-0.4, -0.2) is 31.7 Å². The maximum Gasteiger partial charge on any atom is 0.155 e. The summed E-state index contributed by atoms with van der Waals surface area (Å²) in [7, 11) is -3.02. The van der Waals surface area contributed by atoms with Crippen molar-refractivity contribution in [1.82, 2.24) is 10.3 Å². The molecule has 17 heavy (non-hydrogen) atoms. The number of sulfone groups is 1. The van der Waals surface area contributed by atoms with Gasteiger partial charge in [-0.2, -0.15) is 0 Å². The highest BCUT2D eigenvalue weighted by Crippen LogP contribution is 2.12. The third-order valence-corrected chi connectivity index (χ3v) is 4.69. The van der Waals surface area contributed by atoms with Crippen molar-refractivity contribution >= 4 is 9.84 Å². The summed E-state index contributed by atoms with van der Waals surface area (Å²) in [4.78, 5) is 3.88. The molecule has 0 aromatic carbocycles. The van der Waals surface area contributed by atoms with Crippen molar-refractivity contribution in [2.45, 2.75) is 31.1 Å². The second-order valence-corrected chi connectivity index (χ2v) is 6.67. The predicted octanol–water partition coefficient (Wildman–Crippen LogP) is 1.14. The highest BCUT2D eigenvalue weighted by atomic mass is 32.2. The number of piperidine rings is 1. The Morgan fingerprint density at radius 3 is 2.71 bits per heavy atom. The van der Waals surface area contributed by atoms with Gasteiger partial charge in [0.15, 0.2) is 9.84 Å². The minimum Gasteiger partial charge on any atom is -0.313 e. The Balaban J connectivity index is 1.94. The first-order valence-electron chi connectivity index (χ1n) is 5.98. The van der Waals surface area contributed by atoms with Crippen molar-refractivity contribution in [1.29, 1.82) is 0 Å². The first-order chi connectivity index (χ1) is 8.16. The van der Waals surface area contributed by atoms with Gasteiger partial charge in [-0.05, 0) is 37.1 Å². The molecule has 1 N–H and O–H groups in total. The van der Waals surface area contributed by atoms with E-state index in [2.05, 4.69) is 10.3 Å². The molecule has 1 saturated heterocycles. The second kappa shape index (κ2) is 5.60.